The van der Waals surface area contributed by atoms with Crippen LogP contribution in [0.1, 0.15) is 60.3 Å². The summed E-state index contributed by atoms with van der Waals surface area (Å²) >= 11 is 0. The highest BCUT2D eigenvalue weighted by atomic mass is 16.5. The van der Waals surface area contributed by atoms with Crippen LogP contribution in [0.15, 0.2) is 0 Å². The first-order chi connectivity index (χ1) is 5.74. The van der Waals surface area contributed by atoms with Crippen molar-refractivity contribution in [2.24, 2.45) is 0 Å². The van der Waals surface area contributed by atoms with E-state index in [1.807, 2.05) is 0 Å². The Morgan fingerprint density at radius 1 is 0.833 bits per heavy atom. The van der Waals surface area contributed by atoms with Crippen molar-refractivity contribution in [1.82, 2.24) is 0 Å². The molecule has 1 heteroatoms. The van der Waals surface area contributed by atoms with Crippen LogP contribution < -0.4 is 0 Å². The van der Waals surface area contributed by atoms with Crippen molar-refractivity contribution in [3.05, 3.63) is 0 Å². The van der Waals surface area contributed by atoms with E-state index >= 15 is 0 Å². The van der Waals surface area contributed by atoms with Gasteiger partial charge >= 0.3 is 0 Å². The molecule has 0 radical (unpaired) electrons. The number of ether oxygens (including phenoxy) is 1. The lowest BCUT2D eigenvalue weighted by Gasteiger charge is -1.89. The van der Waals surface area contributed by atoms with E-state index in [1.54, 1.807) is 7.11 Å². The predicted molar refractivity (Wildman–Crippen MR) is 58.7 cm³/mol. The molecule has 0 aromatic rings. The first-order valence-corrected chi connectivity index (χ1v) is 5.23. The highest BCUT2D eigenvalue weighted by Crippen LogP contribution is 1.83. The Morgan fingerprint density at radius 2 is 1.17 bits per heavy atom. The van der Waals surface area contributed by atoms with Crippen molar-refractivity contribution in [1.29, 1.82) is 0 Å². The average Bonchev–Trinajstić information content (AvgIpc) is 2.04. The van der Waals surface area contributed by atoms with E-state index in [-0.39, 0.29) is 0 Å². The van der Waals surface area contributed by atoms with Crippen LogP contribution in [0.2, 0.25) is 0 Å². The summed E-state index contributed by atoms with van der Waals surface area (Å²) in [6.45, 7) is 11.6. The molecule has 0 rings (SSSR count). The summed E-state index contributed by atoms with van der Waals surface area (Å²) in [5, 5.41) is 0. The molecule has 0 aliphatic heterocycles. The van der Waals surface area contributed by atoms with Crippen LogP contribution in [-0.2, 0) is 4.74 Å². The number of rotatable bonds is 3. The molecule has 12 heavy (non-hydrogen) atoms. The Balaban J connectivity index is -0.000000115. The van der Waals surface area contributed by atoms with Crippen molar-refractivity contribution in [2.45, 2.75) is 60.3 Å². The molecule has 0 aromatic heterocycles. The zero-order chi connectivity index (χ0) is 10.2. The van der Waals surface area contributed by atoms with Crippen molar-refractivity contribution in [3.63, 3.8) is 0 Å². The molecular weight excluding hydrogens is 148 g/mol. The van der Waals surface area contributed by atoms with E-state index < -0.39 is 0 Å². The number of unbranched alkanes of at least 4 members (excludes halogenated alkanes) is 1. The van der Waals surface area contributed by atoms with Gasteiger partial charge in [0.1, 0.15) is 0 Å². The van der Waals surface area contributed by atoms with Crippen molar-refractivity contribution < 1.29 is 4.74 Å². The monoisotopic (exact) mass is 176 g/mol. The van der Waals surface area contributed by atoms with Crippen LogP contribution in [0, 0.1) is 0 Å². The lowest BCUT2D eigenvalue weighted by molar-refractivity contribution is 0.194. The smallest absolute Gasteiger partial charge is 0.0462 e. The molecule has 0 N–H and O–H groups in total. The maximum atomic E-state index is 4.78. The number of hydrogen-bond donors (Lipinski definition) is 0. The molecule has 0 spiro atoms. The summed E-state index contributed by atoms with van der Waals surface area (Å²) in [7, 11) is 1.73. The molecule has 1 nitrogen and oxygen atoms in total. The number of hydrogen-bond acceptors (Lipinski definition) is 1. The maximum absolute atomic E-state index is 4.78. The molecule has 0 aliphatic carbocycles. The third-order valence-corrected chi connectivity index (χ3v) is 0.702. The Morgan fingerprint density at radius 3 is 1.25 bits per heavy atom. The summed E-state index contributed by atoms with van der Waals surface area (Å²) in [5.41, 5.74) is 0. The van der Waals surface area contributed by atoms with Gasteiger partial charge in [0.25, 0.3) is 0 Å². The predicted octanol–water partition coefficient (Wildman–Crippen LogP) is 4.27. The van der Waals surface area contributed by atoms with Gasteiger partial charge in [-0.3, -0.25) is 0 Å². The van der Waals surface area contributed by atoms with Crippen LogP contribution >= 0.6 is 0 Å². The third kappa shape index (κ3) is 91.3. The summed E-state index contributed by atoms with van der Waals surface area (Å²) in [4.78, 5) is 0. The molecule has 0 atom stereocenters. The maximum Gasteiger partial charge on any atom is 0.0462 e. The van der Waals surface area contributed by atoms with E-state index in [2.05, 4.69) is 34.6 Å². The van der Waals surface area contributed by atoms with Crippen LogP contribution in [0.25, 0.3) is 0 Å². The summed E-state index contributed by atoms with van der Waals surface area (Å²) in [6, 6.07) is 0. The molecule has 0 unspecified atom stereocenters. The fraction of sp³-hybridized carbons (Fsp3) is 1.00. The van der Waals surface area contributed by atoms with Gasteiger partial charge in [-0.25, -0.2) is 0 Å². The average molecular weight is 176 g/mol. The molecule has 0 fully saturated rings. The van der Waals surface area contributed by atoms with Crippen LogP contribution in [-0.4, -0.2) is 13.7 Å². The topological polar surface area (TPSA) is 9.23 Å². The van der Waals surface area contributed by atoms with Gasteiger partial charge in [-0.15, -0.1) is 0 Å². The van der Waals surface area contributed by atoms with E-state index in [4.69, 9.17) is 4.74 Å². The minimum atomic E-state index is 0.913. The second kappa shape index (κ2) is 30.6. The summed E-state index contributed by atoms with van der Waals surface area (Å²) in [5.74, 6) is 0. The van der Waals surface area contributed by atoms with Gasteiger partial charge in [0.15, 0.2) is 0 Å². The Hall–Kier alpha value is -0.0400. The molecule has 78 valence electrons. The lowest BCUT2D eigenvalue weighted by atomic mass is 10.4. The lowest BCUT2D eigenvalue weighted by Crippen LogP contribution is -1.84. The summed E-state index contributed by atoms with van der Waals surface area (Å²) < 4.78 is 4.78. The Bertz CT molecular complexity index is 30.0. The van der Waals surface area contributed by atoms with E-state index in [9.17, 15) is 0 Å². The second-order valence-electron chi connectivity index (χ2n) is 2.76. The first kappa shape index (κ1) is 17.9. The zero-order valence-corrected chi connectivity index (χ0v) is 9.94. The van der Waals surface area contributed by atoms with E-state index in [0.29, 0.717) is 0 Å². The first-order valence-electron chi connectivity index (χ1n) is 5.23. The molecule has 0 saturated carbocycles. The molecule has 0 heterocycles. The van der Waals surface area contributed by atoms with Gasteiger partial charge in [-0.2, -0.15) is 0 Å². The quantitative estimate of drug-likeness (QED) is 0.584. The highest BCUT2D eigenvalue weighted by Gasteiger charge is 1.74. The van der Waals surface area contributed by atoms with Crippen molar-refractivity contribution in [3.8, 4) is 0 Å². The van der Waals surface area contributed by atoms with Crippen molar-refractivity contribution in [2.75, 3.05) is 13.7 Å². The second-order valence-corrected chi connectivity index (χ2v) is 2.76. The van der Waals surface area contributed by atoms with Gasteiger partial charge in [0.05, 0.1) is 0 Å². The zero-order valence-electron chi connectivity index (χ0n) is 9.94. The van der Waals surface area contributed by atoms with E-state index in [0.717, 1.165) is 6.61 Å². The number of methoxy groups -OCH3 is 1. The largest absolute Gasteiger partial charge is 0.385 e. The van der Waals surface area contributed by atoms with Crippen LogP contribution in [0.4, 0.5) is 0 Å². The fourth-order valence-corrected chi connectivity index (χ4v) is 0.289. The SMILES string of the molecule is CCC.CCC.CCCCOC. The van der Waals surface area contributed by atoms with Gasteiger partial charge < -0.3 is 4.74 Å². The minimum absolute atomic E-state index is 0.913. The van der Waals surface area contributed by atoms with Gasteiger partial charge in [0, 0.05) is 13.7 Å². The fourth-order valence-electron chi connectivity index (χ4n) is 0.289. The normalized spacial score (nSPS) is 7.50. The van der Waals surface area contributed by atoms with Crippen LogP contribution in [0.5, 0.6) is 0 Å². The molecule has 0 saturated heterocycles. The molecule has 0 aromatic carbocycles. The molecule has 0 aliphatic rings. The molecule has 0 amide bonds. The molecule has 0 bridgehead atoms. The molecular formula is C11H28O. The summed E-state index contributed by atoms with van der Waals surface area (Å²) in [6.07, 6.45) is 4.92. The van der Waals surface area contributed by atoms with E-state index in [1.165, 1.54) is 25.7 Å². The Labute approximate surface area is 79.5 Å². The standard InChI is InChI=1S/C5H12O.2C3H8/c1-3-4-5-6-2;2*1-3-2/h3-5H2,1-2H3;2*3H2,1-2H3. The van der Waals surface area contributed by atoms with Crippen molar-refractivity contribution >= 4 is 0 Å². The van der Waals surface area contributed by atoms with Gasteiger partial charge in [0.2, 0.25) is 0 Å². The van der Waals surface area contributed by atoms with Crippen LogP contribution in [0.3, 0.4) is 0 Å². The van der Waals surface area contributed by atoms with Gasteiger partial charge in [-0.05, 0) is 6.42 Å². The minimum Gasteiger partial charge on any atom is -0.385 e. The highest BCUT2D eigenvalue weighted by molar-refractivity contribution is 4.26. The van der Waals surface area contributed by atoms with Gasteiger partial charge in [-0.1, -0.05) is 53.9 Å². The third-order valence-electron chi connectivity index (χ3n) is 0.702. The Kier molecular flexibility index (Phi) is 45.6.